The molecular weight excluding hydrogens is 319 g/mol. The molecule has 0 amide bonds. The predicted octanol–water partition coefficient (Wildman–Crippen LogP) is 3.98. The van der Waals surface area contributed by atoms with Crippen molar-refractivity contribution in [1.82, 2.24) is 0 Å². The Labute approximate surface area is 154 Å². The van der Waals surface area contributed by atoms with Gasteiger partial charge in [-0.05, 0) is 66.1 Å². The number of rotatable bonds is 2. The first kappa shape index (κ1) is 15.6. The highest BCUT2D eigenvalue weighted by Crippen LogP contribution is 2.37. The van der Waals surface area contributed by atoms with E-state index in [-0.39, 0.29) is 6.71 Å². The second-order valence-electron chi connectivity index (χ2n) is 7.36. The molecule has 2 heterocycles. The van der Waals surface area contributed by atoms with Crippen LogP contribution in [-0.4, -0.2) is 6.71 Å². The SMILES string of the molecule is CCCc1ccc2c(c1)B1c3ccccc3Oc3cc(C)c(C)c(c31)O2. The molecule has 3 aromatic rings. The van der Waals surface area contributed by atoms with Crippen molar-refractivity contribution >= 4 is 23.1 Å². The lowest BCUT2D eigenvalue weighted by Gasteiger charge is -2.34. The maximum Gasteiger partial charge on any atom is 0.260 e. The summed E-state index contributed by atoms with van der Waals surface area (Å²) in [5.74, 6) is 3.82. The Kier molecular flexibility index (Phi) is 3.39. The lowest BCUT2D eigenvalue weighted by Crippen LogP contribution is -2.57. The van der Waals surface area contributed by atoms with Crippen molar-refractivity contribution in [1.29, 1.82) is 0 Å². The van der Waals surface area contributed by atoms with E-state index in [9.17, 15) is 0 Å². The summed E-state index contributed by atoms with van der Waals surface area (Å²) >= 11 is 0. The predicted molar refractivity (Wildman–Crippen MR) is 108 cm³/mol. The topological polar surface area (TPSA) is 18.5 Å². The van der Waals surface area contributed by atoms with Crippen LogP contribution in [0.25, 0.3) is 0 Å². The second-order valence-corrected chi connectivity index (χ2v) is 7.36. The van der Waals surface area contributed by atoms with E-state index in [0.29, 0.717) is 0 Å². The van der Waals surface area contributed by atoms with Crippen molar-refractivity contribution in [3.63, 3.8) is 0 Å². The monoisotopic (exact) mass is 340 g/mol. The number of benzene rings is 3. The van der Waals surface area contributed by atoms with E-state index in [4.69, 9.17) is 9.47 Å². The summed E-state index contributed by atoms with van der Waals surface area (Å²) < 4.78 is 12.7. The lowest BCUT2D eigenvalue weighted by molar-refractivity contribution is 0.461. The Hall–Kier alpha value is -2.68. The van der Waals surface area contributed by atoms with Crippen LogP contribution in [0.5, 0.6) is 23.0 Å². The third-order valence-corrected chi connectivity index (χ3v) is 5.66. The van der Waals surface area contributed by atoms with Gasteiger partial charge in [0.15, 0.2) is 0 Å². The molecule has 26 heavy (non-hydrogen) atoms. The molecule has 3 aromatic carbocycles. The van der Waals surface area contributed by atoms with Crippen molar-refractivity contribution in [2.75, 3.05) is 0 Å². The van der Waals surface area contributed by atoms with Crippen LogP contribution in [0.4, 0.5) is 0 Å². The van der Waals surface area contributed by atoms with Crippen molar-refractivity contribution in [2.45, 2.75) is 33.6 Å². The van der Waals surface area contributed by atoms with Gasteiger partial charge in [0.25, 0.3) is 6.71 Å². The van der Waals surface area contributed by atoms with Crippen LogP contribution in [0.15, 0.2) is 48.5 Å². The standard InChI is InChI=1S/C23H21BO2/c1-4-7-16-10-11-20-18(13-16)24-17-8-5-6-9-19(17)25-21-12-14(2)15(3)23(26-20)22(21)24/h5-6,8-13H,4,7H2,1-3H3. The van der Waals surface area contributed by atoms with Crippen LogP contribution in [0.3, 0.4) is 0 Å². The average molecular weight is 340 g/mol. The second kappa shape index (κ2) is 5.67. The molecule has 0 radical (unpaired) electrons. The number of hydrogen-bond donors (Lipinski definition) is 0. The minimum absolute atomic E-state index is 0.171. The van der Waals surface area contributed by atoms with Gasteiger partial charge in [0.05, 0.1) is 0 Å². The lowest BCUT2D eigenvalue weighted by atomic mass is 9.34. The summed E-state index contributed by atoms with van der Waals surface area (Å²) in [5, 5.41) is 0. The van der Waals surface area contributed by atoms with Gasteiger partial charge in [0, 0.05) is 5.46 Å². The fraction of sp³-hybridized carbons (Fsp3) is 0.217. The summed E-state index contributed by atoms with van der Waals surface area (Å²) in [5.41, 5.74) is 7.41. The third-order valence-electron chi connectivity index (χ3n) is 5.66. The zero-order valence-corrected chi connectivity index (χ0v) is 15.4. The quantitative estimate of drug-likeness (QED) is 0.453. The largest absolute Gasteiger partial charge is 0.458 e. The van der Waals surface area contributed by atoms with Crippen LogP contribution in [-0.2, 0) is 6.42 Å². The number of aryl methyl sites for hydroxylation is 2. The molecule has 0 aliphatic carbocycles. The van der Waals surface area contributed by atoms with E-state index < -0.39 is 0 Å². The Bertz CT molecular complexity index is 1040. The zero-order chi connectivity index (χ0) is 17.8. The van der Waals surface area contributed by atoms with Crippen LogP contribution in [0, 0.1) is 13.8 Å². The molecule has 0 spiro atoms. The summed E-state index contributed by atoms with van der Waals surface area (Å²) in [6.45, 7) is 6.65. The molecule has 0 atom stereocenters. The Balaban J connectivity index is 1.82. The fourth-order valence-electron chi connectivity index (χ4n) is 4.24. The van der Waals surface area contributed by atoms with Gasteiger partial charge in [-0.25, -0.2) is 0 Å². The van der Waals surface area contributed by atoms with E-state index in [1.54, 1.807) is 0 Å². The van der Waals surface area contributed by atoms with Crippen LogP contribution < -0.4 is 25.9 Å². The Morgan fingerprint density at radius 2 is 1.65 bits per heavy atom. The highest BCUT2D eigenvalue weighted by molar-refractivity contribution is 6.98. The molecule has 5 rings (SSSR count). The summed E-state index contributed by atoms with van der Waals surface area (Å²) in [7, 11) is 0. The van der Waals surface area contributed by atoms with E-state index in [2.05, 4.69) is 63.2 Å². The molecule has 2 aliphatic rings. The van der Waals surface area contributed by atoms with E-state index in [0.717, 1.165) is 35.8 Å². The highest BCUT2D eigenvalue weighted by Gasteiger charge is 2.40. The summed E-state index contributed by atoms with van der Waals surface area (Å²) in [4.78, 5) is 0. The summed E-state index contributed by atoms with van der Waals surface area (Å²) in [6, 6.07) is 17.2. The molecule has 0 saturated heterocycles. The molecule has 0 N–H and O–H groups in total. The zero-order valence-electron chi connectivity index (χ0n) is 15.4. The minimum Gasteiger partial charge on any atom is -0.458 e. The van der Waals surface area contributed by atoms with Gasteiger partial charge >= 0.3 is 0 Å². The van der Waals surface area contributed by atoms with Gasteiger partial charge in [0.1, 0.15) is 23.0 Å². The first-order valence-corrected chi connectivity index (χ1v) is 9.39. The highest BCUT2D eigenvalue weighted by atomic mass is 16.5. The number of fused-ring (bicyclic) bond motifs is 4. The average Bonchev–Trinajstić information content (AvgIpc) is 2.66. The van der Waals surface area contributed by atoms with E-state index in [1.165, 1.54) is 33.1 Å². The smallest absolute Gasteiger partial charge is 0.260 e. The van der Waals surface area contributed by atoms with Gasteiger partial charge in [-0.15, -0.1) is 0 Å². The normalized spacial score (nSPS) is 13.3. The number of ether oxygens (including phenoxy) is 2. The molecule has 0 unspecified atom stereocenters. The maximum absolute atomic E-state index is 6.40. The van der Waals surface area contributed by atoms with Gasteiger partial charge in [-0.3, -0.25) is 0 Å². The first-order valence-electron chi connectivity index (χ1n) is 9.39. The Morgan fingerprint density at radius 1 is 0.846 bits per heavy atom. The number of para-hydroxylation sites is 1. The first-order chi connectivity index (χ1) is 12.7. The molecule has 3 heteroatoms. The minimum atomic E-state index is 0.171. The van der Waals surface area contributed by atoms with E-state index in [1.807, 2.05) is 6.07 Å². The van der Waals surface area contributed by atoms with Gasteiger partial charge in [0.2, 0.25) is 0 Å². The molecule has 0 saturated carbocycles. The van der Waals surface area contributed by atoms with Crippen molar-refractivity contribution < 1.29 is 9.47 Å². The number of hydrogen-bond acceptors (Lipinski definition) is 2. The molecular formula is C23H21BO2. The fourth-order valence-corrected chi connectivity index (χ4v) is 4.24. The molecule has 2 aliphatic heterocycles. The Morgan fingerprint density at radius 3 is 2.50 bits per heavy atom. The molecule has 0 bridgehead atoms. The third kappa shape index (κ3) is 2.13. The molecule has 2 nitrogen and oxygen atoms in total. The van der Waals surface area contributed by atoms with Crippen molar-refractivity contribution in [2.24, 2.45) is 0 Å². The van der Waals surface area contributed by atoms with Crippen LogP contribution in [0.2, 0.25) is 0 Å². The van der Waals surface area contributed by atoms with Crippen LogP contribution >= 0.6 is 0 Å². The van der Waals surface area contributed by atoms with Crippen molar-refractivity contribution in [3.05, 3.63) is 65.2 Å². The molecule has 128 valence electrons. The maximum atomic E-state index is 6.40. The molecule has 0 fully saturated rings. The van der Waals surface area contributed by atoms with Gasteiger partial charge in [-0.2, -0.15) is 0 Å². The van der Waals surface area contributed by atoms with E-state index >= 15 is 0 Å². The van der Waals surface area contributed by atoms with Crippen LogP contribution in [0.1, 0.15) is 30.0 Å². The summed E-state index contributed by atoms with van der Waals surface area (Å²) in [6.07, 6.45) is 2.23. The van der Waals surface area contributed by atoms with Crippen molar-refractivity contribution in [3.8, 4) is 23.0 Å². The van der Waals surface area contributed by atoms with Gasteiger partial charge in [-0.1, -0.05) is 43.7 Å². The molecule has 0 aromatic heterocycles. The van der Waals surface area contributed by atoms with Gasteiger partial charge < -0.3 is 9.47 Å².